The van der Waals surface area contributed by atoms with Crippen molar-refractivity contribution in [3.63, 3.8) is 0 Å². The van der Waals surface area contributed by atoms with Gasteiger partial charge in [-0.2, -0.15) is 0 Å². The van der Waals surface area contributed by atoms with Crippen LogP contribution in [0.2, 0.25) is 0 Å². The molecule has 14 heavy (non-hydrogen) atoms. The van der Waals surface area contributed by atoms with Crippen LogP contribution in [0.3, 0.4) is 0 Å². The van der Waals surface area contributed by atoms with Crippen LogP contribution in [0.25, 0.3) is 0 Å². The van der Waals surface area contributed by atoms with Gasteiger partial charge in [0, 0.05) is 0 Å². The molecule has 4 atom stereocenters. The number of rotatable bonds is 1. The van der Waals surface area contributed by atoms with Gasteiger partial charge in [0.2, 0.25) is 5.24 Å². The van der Waals surface area contributed by atoms with Gasteiger partial charge in [-0.15, -0.1) is 0 Å². The van der Waals surface area contributed by atoms with Crippen molar-refractivity contribution in [2.75, 3.05) is 0 Å². The molecule has 0 amide bonds. The van der Waals surface area contributed by atoms with Gasteiger partial charge in [-0.05, 0) is 11.6 Å². The number of hydrogen-bond donors (Lipinski definition) is 0. The highest BCUT2D eigenvalue weighted by atomic mass is 35.5. The van der Waals surface area contributed by atoms with Gasteiger partial charge in [-0.1, -0.05) is 0 Å². The van der Waals surface area contributed by atoms with Gasteiger partial charge >= 0.3 is 0 Å². The number of carbonyl (C=O) groups excluding carboxylic acids is 1. The summed E-state index contributed by atoms with van der Waals surface area (Å²) in [6, 6.07) is 0. The van der Waals surface area contributed by atoms with E-state index >= 15 is 0 Å². The average Bonchev–Trinajstić information content (AvgIpc) is 2.11. The van der Waals surface area contributed by atoms with E-state index in [1.165, 1.54) is 0 Å². The quantitative estimate of drug-likeness (QED) is 0.503. The molecular weight excluding hydrogens is 231 g/mol. The molecule has 0 aliphatic heterocycles. The standard InChI is InChI=1S/C7H6ClF5O/c8-7(14)1-2(9)4(11)6(13)5(12)3(1)10/h1-6H. The summed E-state index contributed by atoms with van der Waals surface area (Å²) in [6.45, 7) is 0. The summed E-state index contributed by atoms with van der Waals surface area (Å²) >= 11 is 4.75. The summed E-state index contributed by atoms with van der Waals surface area (Å²) < 4.78 is 63.5. The predicted molar refractivity (Wildman–Crippen MR) is 38.8 cm³/mol. The monoisotopic (exact) mass is 236 g/mol. The van der Waals surface area contributed by atoms with E-state index in [2.05, 4.69) is 0 Å². The van der Waals surface area contributed by atoms with E-state index in [1.54, 1.807) is 0 Å². The minimum Gasteiger partial charge on any atom is -0.281 e. The van der Waals surface area contributed by atoms with Crippen LogP contribution >= 0.6 is 11.6 Å². The van der Waals surface area contributed by atoms with Gasteiger partial charge in [0.15, 0.2) is 18.5 Å². The minimum atomic E-state index is -2.90. The Kier molecular flexibility index (Phi) is 3.34. The first-order chi connectivity index (χ1) is 6.37. The van der Waals surface area contributed by atoms with Crippen molar-refractivity contribution in [1.29, 1.82) is 0 Å². The van der Waals surface area contributed by atoms with Crippen LogP contribution in [0.15, 0.2) is 0 Å². The van der Waals surface area contributed by atoms with Crippen molar-refractivity contribution < 1.29 is 26.7 Å². The highest BCUT2D eigenvalue weighted by molar-refractivity contribution is 6.64. The third kappa shape index (κ3) is 1.71. The Balaban J connectivity index is 2.92. The van der Waals surface area contributed by atoms with Crippen molar-refractivity contribution in [3.8, 4) is 0 Å². The minimum absolute atomic E-state index is 1.54. The smallest absolute Gasteiger partial charge is 0.230 e. The number of halogens is 6. The molecular formula is C7H6ClF5O. The summed E-state index contributed by atoms with van der Waals surface area (Å²) in [5.41, 5.74) is 0. The van der Waals surface area contributed by atoms with Gasteiger partial charge in [-0.25, -0.2) is 22.0 Å². The lowest BCUT2D eigenvalue weighted by atomic mass is 9.83. The molecule has 0 bridgehead atoms. The molecule has 0 spiro atoms. The van der Waals surface area contributed by atoms with E-state index < -0.39 is 42.0 Å². The largest absolute Gasteiger partial charge is 0.281 e. The molecule has 0 N–H and O–H groups in total. The second kappa shape index (κ2) is 4.00. The highest BCUT2D eigenvalue weighted by Crippen LogP contribution is 2.36. The molecule has 1 aliphatic carbocycles. The lowest BCUT2D eigenvalue weighted by molar-refractivity contribution is -0.133. The summed E-state index contributed by atoms with van der Waals surface area (Å²) in [6.07, 6.45) is -14.1. The predicted octanol–water partition coefficient (Wildman–Crippen LogP) is 2.07. The lowest BCUT2D eigenvalue weighted by Gasteiger charge is -2.34. The van der Waals surface area contributed by atoms with E-state index in [4.69, 9.17) is 11.6 Å². The van der Waals surface area contributed by atoms with Crippen molar-refractivity contribution >= 4 is 16.8 Å². The van der Waals surface area contributed by atoms with Crippen LogP contribution in [0, 0.1) is 5.92 Å². The van der Waals surface area contributed by atoms with Gasteiger partial charge < -0.3 is 0 Å². The van der Waals surface area contributed by atoms with E-state index in [0.717, 1.165) is 0 Å². The Morgan fingerprint density at radius 3 is 1.36 bits per heavy atom. The van der Waals surface area contributed by atoms with Crippen LogP contribution in [-0.2, 0) is 4.79 Å². The third-order valence-electron chi connectivity index (χ3n) is 2.17. The van der Waals surface area contributed by atoms with Crippen LogP contribution in [0.4, 0.5) is 22.0 Å². The molecule has 0 saturated heterocycles. The molecule has 1 rings (SSSR count). The maximum atomic E-state index is 12.8. The maximum absolute atomic E-state index is 12.8. The average molecular weight is 237 g/mol. The van der Waals surface area contributed by atoms with Crippen molar-refractivity contribution in [1.82, 2.24) is 0 Å². The van der Waals surface area contributed by atoms with Crippen molar-refractivity contribution in [3.05, 3.63) is 0 Å². The Bertz CT molecular complexity index is 222. The Morgan fingerprint density at radius 2 is 1.07 bits per heavy atom. The van der Waals surface area contributed by atoms with Gasteiger partial charge in [0.1, 0.15) is 18.3 Å². The summed E-state index contributed by atoms with van der Waals surface area (Å²) in [5, 5.41) is -1.54. The number of hydrogen-bond acceptors (Lipinski definition) is 1. The Labute approximate surface area is 81.2 Å². The van der Waals surface area contributed by atoms with E-state index in [-0.39, 0.29) is 0 Å². The Hall–Kier alpha value is -0.390. The van der Waals surface area contributed by atoms with Crippen molar-refractivity contribution in [2.24, 2.45) is 5.92 Å². The van der Waals surface area contributed by atoms with Crippen LogP contribution in [0.5, 0.6) is 0 Å². The zero-order chi connectivity index (χ0) is 11.0. The molecule has 0 aromatic heterocycles. The van der Waals surface area contributed by atoms with Crippen LogP contribution in [-0.4, -0.2) is 36.1 Å². The fourth-order valence-corrected chi connectivity index (χ4v) is 1.59. The molecule has 7 heteroatoms. The molecule has 1 saturated carbocycles. The molecule has 1 nitrogen and oxygen atoms in total. The molecule has 0 heterocycles. The first-order valence-electron chi connectivity index (χ1n) is 3.77. The normalized spacial score (nSPS) is 49.0. The molecule has 82 valence electrons. The fraction of sp³-hybridized carbons (Fsp3) is 0.857. The summed E-state index contributed by atoms with van der Waals surface area (Å²) in [7, 11) is 0. The third-order valence-corrected chi connectivity index (χ3v) is 2.42. The van der Waals surface area contributed by atoms with Crippen LogP contribution in [0.1, 0.15) is 0 Å². The van der Waals surface area contributed by atoms with E-state index in [1.807, 2.05) is 0 Å². The molecule has 0 radical (unpaired) electrons. The number of carbonyl (C=O) groups is 1. The summed E-state index contributed by atoms with van der Waals surface area (Å²) in [4.78, 5) is 10.4. The summed E-state index contributed by atoms with van der Waals surface area (Å²) in [5.74, 6) is -2.27. The second-order valence-electron chi connectivity index (χ2n) is 3.05. The van der Waals surface area contributed by atoms with Gasteiger partial charge in [-0.3, -0.25) is 4.79 Å². The second-order valence-corrected chi connectivity index (χ2v) is 3.42. The molecule has 0 aromatic carbocycles. The number of alkyl halides is 5. The lowest BCUT2D eigenvalue weighted by Crippen LogP contribution is -2.55. The molecule has 0 aromatic rings. The first kappa shape index (κ1) is 11.7. The zero-order valence-corrected chi connectivity index (χ0v) is 7.40. The first-order valence-corrected chi connectivity index (χ1v) is 4.15. The Morgan fingerprint density at radius 1 is 0.786 bits per heavy atom. The fourth-order valence-electron chi connectivity index (χ4n) is 1.35. The zero-order valence-electron chi connectivity index (χ0n) is 6.64. The van der Waals surface area contributed by atoms with Gasteiger partial charge in [0.05, 0.1) is 0 Å². The SMILES string of the molecule is O=C(Cl)C1C(F)C(F)C(F)C(F)C1F. The topological polar surface area (TPSA) is 17.1 Å². The van der Waals surface area contributed by atoms with E-state index in [9.17, 15) is 26.7 Å². The van der Waals surface area contributed by atoms with Gasteiger partial charge in [0.25, 0.3) is 0 Å². The molecule has 1 fully saturated rings. The van der Waals surface area contributed by atoms with Crippen molar-refractivity contribution in [2.45, 2.75) is 30.9 Å². The molecule has 1 aliphatic rings. The maximum Gasteiger partial charge on any atom is 0.230 e. The highest BCUT2D eigenvalue weighted by Gasteiger charge is 2.55. The van der Waals surface area contributed by atoms with E-state index in [0.29, 0.717) is 0 Å². The molecule has 4 unspecified atom stereocenters. The van der Waals surface area contributed by atoms with Crippen LogP contribution < -0.4 is 0 Å².